The maximum absolute atomic E-state index is 12.9. The minimum atomic E-state index is 0.0805. The van der Waals surface area contributed by atoms with Gasteiger partial charge < -0.3 is 9.80 Å². The molecule has 0 saturated heterocycles. The number of carbonyl (C=O) groups excluding carboxylic acids is 2. The number of anilines is 1. The fourth-order valence-electron chi connectivity index (χ4n) is 4.17. The maximum atomic E-state index is 12.9. The minimum absolute atomic E-state index is 0.0805. The van der Waals surface area contributed by atoms with Crippen LogP contribution in [0.2, 0.25) is 0 Å². The molecule has 2 amide bonds. The number of carbonyl (C=O) groups is 2. The van der Waals surface area contributed by atoms with Gasteiger partial charge in [0, 0.05) is 37.2 Å². The van der Waals surface area contributed by atoms with Crippen molar-refractivity contribution < 1.29 is 9.59 Å². The Kier molecular flexibility index (Phi) is 5.22. The lowest BCUT2D eigenvalue weighted by Gasteiger charge is -2.32. The number of amides is 2. The number of hydrogen-bond acceptors (Lipinski definition) is 2. The molecule has 1 fully saturated rings. The Hall–Kier alpha value is -1.84. The third-order valence-corrected chi connectivity index (χ3v) is 5.65. The number of benzene rings is 1. The fourth-order valence-corrected chi connectivity index (χ4v) is 4.17. The molecule has 24 heavy (non-hydrogen) atoms. The van der Waals surface area contributed by atoms with Gasteiger partial charge in [-0.3, -0.25) is 9.59 Å². The van der Waals surface area contributed by atoms with E-state index in [-0.39, 0.29) is 23.7 Å². The summed E-state index contributed by atoms with van der Waals surface area (Å²) in [6.07, 6.45) is 4.34. The van der Waals surface area contributed by atoms with Crippen LogP contribution in [0.3, 0.4) is 0 Å². The van der Waals surface area contributed by atoms with Crippen molar-refractivity contribution in [3.63, 3.8) is 0 Å². The van der Waals surface area contributed by atoms with Gasteiger partial charge in [-0.2, -0.15) is 0 Å². The van der Waals surface area contributed by atoms with Crippen LogP contribution in [0.1, 0.15) is 45.1 Å². The predicted octanol–water partition coefficient (Wildman–Crippen LogP) is 3.25. The van der Waals surface area contributed by atoms with E-state index in [1.54, 1.807) is 0 Å². The standard InChI is InChI=1S/C20H28N2O2/c1-3-21(4-2)19(23)16-9-11-17(12-10-16)20(24)22-14-13-15-7-5-6-8-18(15)22/h5-8,16-17H,3-4,9-14H2,1-2H3. The number of nitrogens with zero attached hydrogens (tertiary/aromatic N) is 2. The average molecular weight is 328 g/mol. The normalized spacial score (nSPS) is 23.0. The molecule has 0 N–H and O–H groups in total. The highest BCUT2D eigenvalue weighted by atomic mass is 16.2. The van der Waals surface area contributed by atoms with Crippen LogP contribution in [-0.2, 0) is 16.0 Å². The Morgan fingerprint density at radius 2 is 1.67 bits per heavy atom. The molecular weight excluding hydrogens is 300 g/mol. The summed E-state index contributed by atoms with van der Waals surface area (Å²) >= 11 is 0. The second-order valence-electron chi connectivity index (χ2n) is 6.93. The largest absolute Gasteiger partial charge is 0.343 e. The summed E-state index contributed by atoms with van der Waals surface area (Å²) in [5, 5.41) is 0. The van der Waals surface area contributed by atoms with E-state index >= 15 is 0 Å². The molecule has 2 aliphatic rings. The van der Waals surface area contributed by atoms with Crippen LogP contribution in [0, 0.1) is 11.8 Å². The van der Waals surface area contributed by atoms with E-state index in [0.29, 0.717) is 0 Å². The molecule has 1 aliphatic heterocycles. The zero-order valence-corrected chi connectivity index (χ0v) is 14.8. The zero-order valence-electron chi connectivity index (χ0n) is 14.8. The van der Waals surface area contributed by atoms with E-state index in [9.17, 15) is 9.59 Å². The van der Waals surface area contributed by atoms with E-state index < -0.39 is 0 Å². The van der Waals surface area contributed by atoms with Gasteiger partial charge in [-0.05, 0) is 57.6 Å². The molecule has 0 radical (unpaired) electrons. The average Bonchev–Trinajstić information content (AvgIpc) is 3.06. The van der Waals surface area contributed by atoms with Gasteiger partial charge in [0.25, 0.3) is 0 Å². The summed E-state index contributed by atoms with van der Waals surface area (Å²) in [5.41, 5.74) is 2.36. The zero-order chi connectivity index (χ0) is 17.1. The quantitative estimate of drug-likeness (QED) is 0.851. The molecule has 3 rings (SSSR count). The first-order valence-electron chi connectivity index (χ1n) is 9.33. The van der Waals surface area contributed by atoms with Crippen molar-refractivity contribution in [2.24, 2.45) is 11.8 Å². The van der Waals surface area contributed by atoms with Gasteiger partial charge >= 0.3 is 0 Å². The van der Waals surface area contributed by atoms with Gasteiger partial charge in [-0.25, -0.2) is 0 Å². The summed E-state index contributed by atoms with van der Waals surface area (Å²) < 4.78 is 0. The second kappa shape index (κ2) is 7.37. The van der Waals surface area contributed by atoms with E-state index in [1.165, 1.54) is 5.56 Å². The first-order valence-corrected chi connectivity index (χ1v) is 9.33. The number of para-hydroxylation sites is 1. The van der Waals surface area contributed by atoms with Crippen LogP contribution in [0.25, 0.3) is 0 Å². The first-order chi connectivity index (χ1) is 11.7. The summed E-state index contributed by atoms with van der Waals surface area (Å²) in [4.78, 5) is 29.3. The van der Waals surface area contributed by atoms with Crippen LogP contribution in [-0.4, -0.2) is 36.3 Å². The highest BCUT2D eigenvalue weighted by Crippen LogP contribution is 2.35. The summed E-state index contributed by atoms with van der Waals surface area (Å²) in [6.45, 7) is 6.41. The van der Waals surface area contributed by atoms with Crippen molar-refractivity contribution in [2.75, 3.05) is 24.5 Å². The van der Waals surface area contributed by atoms with Gasteiger partial charge in [-0.15, -0.1) is 0 Å². The van der Waals surface area contributed by atoms with E-state index in [0.717, 1.165) is 57.4 Å². The van der Waals surface area contributed by atoms with Gasteiger partial charge in [0.15, 0.2) is 0 Å². The SMILES string of the molecule is CCN(CC)C(=O)C1CCC(C(=O)N2CCc3ccccc32)CC1. The lowest BCUT2D eigenvalue weighted by molar-refractivity contribution is -0.137. The summed E-state index contributed by atoms with van der Waals surface area (Å²) in [6, 6.07) is 8.21. The Morgan fingerprint density at radius 1 is 1.04 bits per heavy atom. The van der Waals surface area contributed by atoms with Crippen molar-refractivity contribution in [3.05, 3.63) is 29.8 Å². The monoisotopic (exact) mass is 328 g/mol. The first kappa shape index (κ1) is 17.0. The van der Waals surface area contributed by atoms with Crippen LogP contribution in [0.15, 0.2) is 24.3 Å². The topological polar surface area (TPSA) is 40.6 Å². The number of hydrogen-bond donors (Lipinski definition) is 0. The van der Waals surface area contributed by atoms with Crippen LogP contribution in [0.4, 0.5) is 5.69 Å². The number of fused-ring (bicyclic) bond motifs is 1. The second-order valence-corrected chi connectivity index (χ2v) is 6.93. The molecule has 1 saturated carbocycles. The van der Waals surface area contributed by atoms with E-state index in [1.807, 2.05) is 35.8 Å². The third-order valence-electron chi connectivity index (χ3n) is 5.65. The Bertz CT molecular complexity index is 601. The molecule has 1 aliphatic carbocycles. The molecule has 0 aromatic heterocycles. The summed E-state index contributed by atoms with van der Waals surface area (Å²) in [5.74, 6) is 0.725. The Morgan fingerprint density at radius 3 is 2.33 bits per heavy atom. The van der Waals surface area contributed by atoms with Crippen LogP contribution in [0.5, 0.6) is 0 Å². The van der Waals surface area contributed by atoms with Crippen LogP contribution < -0.4 is 4.90 Å². The minimum Gasteiger partial charge on any atom is -0.343 e. The van der Waals surface area contributed by atoms with Gasteiger partial charge in [0.05, 0.1) is 0 Å². The van der Waals surface area contributed by atoms with E-state index in [4.69, 9.17) is 0 Å². The summed E-state index contributed by atoms with van der Waals surface area (Å²) in [7, 11) is 0. The highest BCUT2D eigenvalue weighted by molar-refractivity contribution is 5.97. The molecule has 0 unspecified atom stereocenters. The molecule has 0 bridgehead atoms. The molecule has 0 spiro atoms. The molecule has 1 heterocycles. The molecule has 4 heteroatoms. The molecule has 1 aromatic carbocycles. The smallest absolute Gasteiger partial charge is 0.230 e. The maximum Gasteiger partial charge on any atom is 0.230 e. The van der Waals surface area contributed by atoms with Crippen molar-refractivity contribution in [2.45, 2.75) is 46.0 Å². The molecule has 130 valence electrons. The Balaban J connectivity index is 1.59. The van der Waals surface area contributed by atoms with Crippen molar-refractivity contribution >= 4 is 17.5 Å². The van der Waals surface area contributed by atoms with Crippen molar-refractivity contribution in [1.29, 1.82) is 0 Å². The lowest BCUT2D eigenvalue weighted by Crippen LogP contribution is -2.40. The predicted molar refractivity (Wildman–Crippen MR) is 95.9 cm³/mol. The molecule has 4 nitrogen and oxygen atoms in total. The molecular formula is C20H28N2O2. The number of rotatable bonds is 4. The Labute approximate surface area is 144 Å². The third kappa shape index (κ3) is 3.19. The van der Waals surface area contributed by atoms with E-state index in [2.05, 4.69) is 12.1 Å². The fraction of sp³-hybridized carbons (Fsp3) is 0.600. The van der Waals surface area contributed by atoms with Gasteiger partial charge in [0.2, 0.25) is 11.8 Å². The van der Waals surface area contributed by atoms with Crippen molar-refractivity contribution in [1.82, 2.24) is 4.90 Å². The lowest BCUT2D eigenvalue weighted by atomic mass is 9.80. The van der Waals surface area contributed by atoms with Gasteiger partial charge in [0.1, 0.15) is 0 Å². The molecule has 0 atom stereocenters. The van der Waals surface area contributed by atoms with Crippen LogP contribution >= 0.6 is 0 Å². The molecule has 1 aromatic rings. The van der Waals surface area contributed by atoms with Crippen molar-refractivity contribution in [3.8, 4) is 0 Å². The van der Waals surface area contributed by atoms with Gasteiger partial charge in [-0.1, -0.05) is 18.2 Å². The highest BCUT2D eigenvalue weighted by Gasteiger charge is 2.35.